The average Bonchev–Trinajstić information content (AvgIpc) is 2.27. The van der Waals surface area contributed by atoms with E-state index in [-0.39, 0.29) is 0 Å². The van der Waals surface area contributed by atoms with Crippen LogP contribution in [0.3, 0.4) is 0 Å². The van der Waals surface area contributed by atoms with Crippen molar-refractivity contribution < 1.29 is 4.74 Å². The maximum atomic E-state index is 5.97. The molecule has 4 heteroatoms. The second-order valence-corrected chi connectivity index (χ2v) is 4.48. The van der Waals surface area contributed by atoms with Gasteiger partial charge in [-0.3, -0.25) is 0 Å². The van der Waals surface area contributed by atoms with Crippen LogP contribution in [0.15, 0.2) is 18.2 Å². The van der Waals surface area contributed by atoms with Crippen molar-refractivity contribution in [1.82, 2.24) is 5.32 Å². The van der Waals surface area contributed by atoms with Crippen molar-refractivity contribution in [3.8, 4) is 5.75 Å². The molecule has 0 radical (unpaired) electrons. The molecule has 1 N–H and O–H groups in total. The van der Waals surface area contributed by atoms with E-state index in [1.54, 1.807) is 18.2 Å². The molecule has 1 unspecified atom stereocenters. The lowest BCUT2D eigenvalue weighted by Crippen LogP contribution is -2.29. The summed E-state index contributed by atoms with van der Waals surface area (Å²) in [5.74, 6) is 0.566. The topological polar surface area (TPSA) is 21.3 Å². The highest BCUT2D eigenvalue weighted by Crippen LogP contribution is 2.32. The number of hydrogen-bond donors (Lipinski definition) is 1. The number of nitrogens with one attached hydrogen (secondary N) is 1. The van der Waals surface area contributed by atoms with Gasteiger partial charge in [-0.1, -0.05) is 36.2 Å². The predicted molar refractivity (Wildman–Crippen MR) is 69.7 cm³/mol. The summed E-state index contributed by atoms with van der Waals surface area (Å²) in [6.07, 6.45) is 1.10. The highest BCUT2D eigenvalue weighted by atomic mass is 35.5. The monoisotopic (exact) mass is 261 g/mol. The molecule has 0 heterocycles. The van der Waals surface area contributed by atoms with Crippen LogP contribution in [0.2, 0.25) is 10.0 Å². The third-order valence-corrected chi connectivity index (χ3v) is 2.97. The van der Waals surface area contributed by atoms with Crippen molar-refractivity contribution in [2.75, 3.05) is 13.2 Å². The average molecular weight is 262 g/mol. The Morgan fingerprint density at radius 2 is 1.94 bits per heavy atom. The molecule has 1 rings (SSSR count). The van der Waals surface area contributed by atoms with Gasteiger partial charge in [-0.25, -0.2) is 0 Å². The lowest BCUT2D eigenvalue weighted by atomic mass is 10.3. The third kappa shape index (κ3) is 4.20. The van der Waals surface area contributed by atoms with Crippen molar-refractivity contribution in [2.45, 2.75) is 26.3 Å². The molecule has 0 fully saturated rings. The van der Waals surface area contributed by atoms with Crippen LogP contribution in [0, 0.1) is 0 Å². The Bertz CT molecular complexity index is 311. The quantitative estimate of drug-likeness (QED) is 0.788. The van der Waals surface area contributed by atoms with E-state index in [0.717, 1.165) is 13.0 Å². The maximum absolute atomic E-state index is 5.97. The van der Waals surface area contributed by atoms with E-state index in [1.165, 1.54) is 0 Å². The highest BCUT2D eigenvalue weighted by Gasteiger charge is 2.06. The Hall–Kier alpha value is -0.440. The first-order valence-electron chi connectivity index (χ1n) is 5.45. The van der Waals surface area contributed by atoms with E-state index in [2.05, 4.69) is 19.2 Å². The molecule has 0 aliphatic heterocycles. The van der Waals surface area contributed by atoms with Crippen LogP contribution >= 0.6 is 23.2 Å². The number of halogens is 2. The van der Waals surface area contributed by atoms with Gasteiger partial charge < -0.3 is 10.1 Å². The van der Waals surface area contributed by atoms with Gasteiger partial charge in [-0.15, -0.1) is 0 Å². The summed E-state index contributed by atoms with van der Waals surface area (Å²) in [4.78, 5) is 0. The normalized spacial score (nSPS) is 12.5. The van der Waals surface area contributed by atoms with E-state index in [0.29, 0.717) is 28.4 Å². The number of benzene rings is 1. The van der Waals surface area contributed by atoms with Gasteiger partial charge in [0.1, 0.15) is 6.61 Å². The lowest BCUT2D eigenvalue weighted by Gasteiger charge is -2.13. The number of ether oxygens (including phenoxy) is 1. The Morgan fingerprint density at radius 3 is 2.50 bits per heavy atom. The fraction of sp³-hybridized carbons (Fsp3) is 0.500. The first kappa shape index (κ1) is 13.6. The molecular formula is C12H17Cl2NO. The van der Waals surface area contributed by atoms with E-state index in [4.69, 9.17) is 27.9 Å². The molecule has 90 valence electrons. The smallest absolute Gasteiger partial charge is 0.156 e. The van der Waals surface area contributed by atoms with E-state index in [9.17, 15) is 0 Å². The minimum absolute atomic E-state index is 0.505. The van der Waals surface area contributed by atoms with Gasteiger partial charge in [0.15, 0.2) is 5.75 Å². The number of hydrogen-bond acceptors (Lipinski definition) is 2. The molecule has 2 nitrogen and oxygen atoms in total. The summed E-state index contributed by atoms with van der Waals surface area (Å²) >= 11 is 11.9. The maximum Gasteiger partial charge on any atom is 0.156 e. The molecule has 0 bridgehead atoms. The molecule has 0 aliphatic rings. The van der Waals surface area contributed by atoms with Crippen molar-refractivity contribution in [1.29, 1.82) is 0 Å². The van der Waals surface area contributed by atoms with Crippen LogP contribution in [0.25, 0.3) is 0 Å². The summed E-state index contributed by atoms with van der Waals surface area (Å²) in [6.45, 7) is 5.64. The van der Waals surface area contributed by atoms with Gasteiger partial charge in [-0.2, -0.15) is 0 Å². The Kier molecular flexibility index (Phi) is 5.96. The molecule has 0 aromatic heterocycles. The van der Waals surface area contributed by atoms with Crippen LogP contribution in [-0.4, -0.2) is 19.2 Å². The summed E-state index contributed by atoms with van der Waals surface area (Å²) in [6, 6.07) is 5.84. The Balaban J connectivity index is 2.37. The van der Waals surface area contributed by atoms with Crippen molar-refractivity contribution >= 4 is 23.2 Å². The van der Waals surface area contributed by atoms with Crippen LogP contribution in [0.4, 0.5) is 0 Å². The first-order chi connectivity index (χ1) is 7.65. The molecular weight excluding hydrogens is 245 g/mol. The minimum atomic E-state index is 0.505. The van der Waals surface area contributed by atoms with Crippen molar-refractivity contribution in [2.24, 2.45) is 0 Å². The van der Waals surface area contributed by atoms with Crippen molar-refractivity contribution in [3.63, 3.8) is 0 Å². The SMILES string of the molecule is CCC(C)NCCOc1c(Cl)cccc1Cl. The summed E-state index contributed by atoms with van der Waals surface area (Å²) < 4.78 is 5.54. The first-order valence-corrected chi connectivity index (χ1v) is 6.21. The van der Waals surface area contributed by atoms with E-state index in [1.807, 2.05) is 0 Å². The van der Waals surface area contributed by atoms with E-state index < -0.39 is 0 Å². The molecule has 1 aromatic rings. The van der Waals surface area contributed by atoms with Gasteiger partial charge in [0.25, 0.3) is 0 Å². The van der Waals surface area contributed by atoms with Crippen LogP contribution in [0.5, 0.6) is 5.75 Å². The van der Waals surface area contributed by atoms with E-state index >= 15 is 0 Å². The molecule has 1 aromatic carbocycles. The molecule has 0 aliphatic carbocycles. The summed E-state index contributed by atoms with van der Waals surface area (Å²) in [7, 11) is 0. The lowest BCUT2D eigenvalue weighted by molar-refractivity contribution is 0.306. The van der Waals surface area contributed by atoms with Crippen LogP contribution < -0.4 is 10.1 Å². The number of para-hydroxylation sites is 1. The zero-order valence-electron chi connectivity index (χ0n) is 9.59. The van der Waals surface area contributed by atoms with Gasteiger partial charge >= 0.3 is 0 Å². The number of rotatable bonds is 6. The molecule has 0 spiro atoms. The third-order valence-electron chi connectivity index (χ3n) is 2.37. The second kappa shape index (κ2) is 7.00. The highest BCUT2D eigenvalue weighted by molar-refractivity contribution is 6.37. The van der Waals surface area contributed by atoms with Gasteiger partial charge in [-0.05, 0) is 25.5 Å². The molecule has 16 heavy (non-hydrogen) atoms. The summed E-state index contributed by atoms with van der Waals surface area (Å²) in [5, 5.41) is 4.43. The van der Waals surface area contributed by atoms with Crippen molar-refractivity contribution in [3.05, 3.63) is 28.2 Å². The standard InChI is InChI=1S/C12H17Cl2NO/c1-3-9(2)15-7-8-16-12-10(13)5-4-6-11(12)14/h4-6,9,15H,3,7-8H2,1-2H3. The molecule has 0 saturated carbocycles. The van der Waals surface area contributed by atoms with Gasteiger partial charge in [0.2, 0.25) is 0 Å². The van der Waals surface area contributed by atoms with Crippen LogP contribution in [0.1, 0.15) is 20.3 Å². The molecule has 1 atom stereocenters. The van der Waals surface area contributed by atoms with Crippen LogP contribution in [-0.2, 0) is 0 Å². The van der Waals surface area contributed by atoms with Gasteiger partial charge in [0, 0.05) is 12.6 Å². The zero-order valence-corrected chi connectivity index (χ0v) is 11.1. The summed E-state index contributed by atoms with van der Waals surface area (Å²) in [5.41, 5.74) is 0. The molecule has 0 amide bonds. The predicted octanol–water partition coefficient (Wildman–Crippen LogP) is 3.76. The minimum Gasteiger partial charge on any atom is -0.489 e. The zero-order chi connectivity index (χ0) is 12.0. The Labute approximate surface area is 107 Å². The fourth-order valence-corrected chi connectivity index (χ4v) is 1.73. The van der Waals surface area contributed by atoms with Gasteiger partial charge in [0.05, 0.1) is 10.0 Å². The second-order valence-electron chi connectivity index (χ2n) is 3.66. The molecule has 0 saturated heterocycles. The largest absolute Gasteiger partial charge is 0.489 e. The Morgan fingerprint density at radius 1 is 1.31 bits per heavy atom. The fourth-order valence-electron chi connectivity index (χ4n) is 1.22.